The molecule has 1 aliphatic heterocycles. The number of hydrogen-bond donors (Lipinski definition) is 10. The first kappa shape index (κ1) is 98.3. The van der Waals surface area contributed by atoms with Gasteiger partial charge in [-0.1, -0.05) is 200 Å². The number of amides is 3. The first-order valence-corrected chi connectivity index (χ1v) is 45.3. The van der Waals surface area contributed by atoms with E-state index in [1.165, 1.54) is 147 Å². The van der Waals surface area contributed by atoms with E-state index < -0.39 is 96.9 Å². The lowest BCUT2D eigenvalue weighted by atomic mass is 9.91. The lowest BCUT2D eigenvalue weighted by Crippen LogP contribution is -2.54. The van der Waals surface area contributed by atoms with Crippen LogP contribution in [0.2, 0.25) is 0 Å². The van der Waals surface area contributed by atoms with Crippen molar-refractivity contribution in [2.24, 2.45) is 0 Å². The van der Waals surface area contributed by atoms with E-state index in [-0.39, 0.29) is 88.3 Å². The van der Waals surface area contributed by atoms with E-state index in [0.29, 0.717) is 66.7 Å². The average Bonchev–Trinajstić information content (AvgIpc) is 0.773. The molecule has 4 unspecified atom stereocenters. The van der Waals surface area contributed by atoms with Gasteiger partial charge in [-0.3, -0.25) is 47.3 Å². The fourth-order valence-corrected chi connectivity index (χ4v) is 15.5. The van der Waals surface area contributed by atoms with Crippen molar-refractivity contribution in [3.63, 3.8) is 0 Å². The number of nitrogens with zero attached hydrogens (tertiary/aromatic N) is 1. The zero-order valence-corrected chi connectivity index (χ0v) is 71.1. The highest BCUT2D eigenvalue weighted by Gasteiger charge is 2.41. The van der Waals surface area contributed by atoms with Crippen LogP contribution in [0.3, 0.4) is 0 Å². The zero-order chi connectivity index (χ0) is 81.8. The predicted molar refractivity (Wildman–Crippen MR) is 439 cm³/mol. The lowest BCUT2D eigenvalue weighted by molar-refractivity contribution is -0.161. The van der Waals surface area contributed by atoms with E-state index in [1.807, 2.05) is 19.9 Å². The number of Topliss-reactive ketones (excluding diaryl/α,β-unsaturated/α-hetero) is 1. The Kier molecular flexibility index (Phi) is 50.1. The Morgan fingerprint density at radius 3 is 1.77 bits per heavy atom. The van der Waals surface area contributed by atoms with E-state index in [1.54, 1.807) is 39.8 Å². The first-order chi connectivity index (χ1) is 53.7. The van der Waals surface area contributed by atoms with Crippen LogP contribution in [-0.4, -0.2) is 160 Å². The minimum atomic E-state index is -4.75. The van der Waals surface area contributed by atoms with E-state index in [2.05, 4.69) is 57.1 Å². The number of carboxylic acids is 1. The number of unbranched alkanes of at least 4 members (excludes halogenated alkanes) is 29. The second-order valence-electron chi connectivity index (χ2n) is 31.4. The van der Waals surface area contributed by atoms with Crippen molar-refractivity contribution in [3.8, 4) is 5.75 Å². The van der Waals surface area contributed by atoms with Gasteiger partial charge in [0.05, 0.1) is 48.8 Å². The third-order valence-electron chi connectivity index (χ3n) is 20.3. The fourth-order valence-electron chi connectivity index (χ4n) is 13.5. The Labute approximate surface area is 672 Å². The van der Waals surface area contributed by atoms with Gasteiger partial charge < -0.3 is 66.0 Å². The second kappa shape index (κ2) is 57.1. The number of aliphatic hydroxyl groups is 1. The van der Waals surface area contributed by atoms with Gasteiger partial charge in [0.1, 0.15) is 29.5 Å². The van der Waals surface area contributed by atoms with Gasteiger partial charge in [-0.15, -0.1) is 0 Å². The van der Waals surface area contributed by atoms with Crippen molar-refractivity contribution >= 4 is 65.9 Å². The molecule has 3 amide bonds. The standard InChI is InChI=1S/C84H143N8O18PS/c1-9-11-13-15-17-19-21-23-25-27-29-31-33-35-37-47-72(95)106-61-69(110-73(96)48-38-36-34-32-30-28-26-24-22-20-18-16-14-12-10-2)62-109-111(102,103)108-58-55-88-82(101)84(7,8)107-57-51-83(5,6)92-75-74(76(97)77(75)98)86-54-53-85-70(93)46-42-56-105-68-59-64(3)78(65(4)60-68)112(104)63-89-80(81(99)100)91-71(94)45-40-39-44-67-50-49-66-43-41-52-87-79(66)90-67/h49-50,59-60,69,76,80,86,89,92,97H,9-48,51-58,61-63H2,1-8H3,(H,85,93)(H,87,90)(H,88,101)(H,91,94)(H,99,100)(H,102,103)/t69?,76-,80?,112?/m1/s1. The third kappa shape index (κ3) is 43.1. The summed E-state index contributed by atoms with van der Waals surface area (Å²) in [6.45, 7) is 14.8. The number of aliphatic hydroxyl groups excluding tert-OH is 1. The minimum absolute atomic E-state index is 0.0593. The number of aromatic nitrogens is 1. The summed E-state index contributed by atoms with van der Waals surface area (Å²) < 4.78 is 60.1. The van der Waals surface area contributed by atoms with Crippen LogP contribution in [0.25, 0.3) is 0 Å². The highest BCUT2D eigenvalue weighted by molar-refractivity contribution is 7.85. The topological polar surface area (TPSA) is 367 Å². The van der Waals surface area contributed by atoms with Gasteiger partial charge in [-0.05, 0) is 134 Å². The zero-order valence-electron chi connectivity index (χ0n) is 69.4. The molecular weight excluding hydrogens is 1470 g/mol. The number of esters is 2. The molecule has 1 aliphatic carbocycles. The molecule has 0 saturated heterocycles. The van der Waals surface area contributed by atoms with Crippen LogP contribution in [0, 0.1) is 13.8 Å². The molecule has 0 bridgehead atoms. The minimum Gasteiger partial charge on any atom is -0.494 e. The van der Waals surface area contributed by atoms with Gasteiger partial charge in [-0.2, -0.15) is 0 Å². The second-order valence-corrected chi connectivity index (χ2v) is 34.3. The molecule has 4 rings (SSSR count). The Morgan fingerprint density at radius 2 is 1.20 bits per heavy atom. The van der Waals surface area contributed by atoms with Crippen LogP contribution >= 0.6 is 7.82 Å². The van der Waals surface area contributed by atoms with Gasteiger partial charge in [0, 0.05) is 68.0 Å². The smallest absolute Gasteiger partial charge is 0.472 e. The average molecular weight is 1620 g/mol. The van der Waals surface area contributed by atoms with Crippen molar-refractivity contribution in [2.45, 2.75) is 353 Å². The number of carboxylic acid groups (broad SMARTS) is 1. The number of ketones is 1. The highest BCUT2D eigenvalue weighted by atomic mass is 32.2. The molecule has 1 aromatic carbocycles. The number of phosphoric acid groups is 1. The fraction of sp³-hybridized carbons (Fsp3) is 0.762. The van der Waals surface area contributed by atoms with Crippen molar-refractivity contribution in [3.05, 3.63) is 58.0 Å². The Balaban J connectivity index is 1.10. The van der Waals surface area contributed by atoms with Crippen LogP contribution < -0.4 is 42.0 Å². The molecule has 0 fully saturated rings. The van der Waals surface area contributed by atoms with Crippen LogP contribution in [0.15, 0.2) is 40.6 Å². The summed E-state index contributed by atoms with van der Waals surface area (Å²) in [6.07, 6.45) is 37.2. The van der Waals surface area contributed by atoms with Gasteiger partial charge in [0.2, 0.25) is 17.6 Å². The first-order valence-electron chi connectivity index (χ1n) is 42.5. The van der Waals surface area contributed by atoms with Crippen molar-refractivity contribution in [1.29, 1.82) is 0 Å². The summed E-state index contributed by atoms with van der Waals surface area (Å²) in [5, 5.41) is 40.6. The molecule has 2 aromatic rings. The Morgan fingerprint density at radius 1 is 0.652 bits per heavy atom. The SMILES string of the molecule is CCCCCCCCCCCCCCCCCC(=O)OCC(COP(=O)(O)OCCNC(=O)C(C)(C)OCCC(C)(C)NC1=C(NCCNC(=O)CCCOc2cc(C)c(S(=O)CNC(NC(=O)CCCCc3ccc4c(n3)NCCC4)C(=O)O)c(C)c2)[C@@H](O)C1=O)OC(=O)CCCCCCCCCCCCCCCCC. The number of ether oxygens (including phenoxy) is 4. The number of aliphatic carboxylic acids is 1. The maximum absolute atomic E-state index is 13.5. The highest BCUT2D eigenvalue weighted by Crippen LogP contribution is 2.43. The quantitative estimate of drug-likeness (QED) is 0.0127. The summed E-state index contributed by atoms with van der Waals surface area (Å²) in [4.78, 5) is 105. The number of hydrogen-bond acceptors (Lipinski definition) is 21. The number of anilines is 1. The van der Waals surface area contributed by atoms with Crippen LogP contribution in [-0.2, 0) is 85.0 Å². The molecule has 10 N–H and O–H groups in total. The summed E-state index contributed by atoms with van der Waals surface area (Å²) in [7, 11) is -6.43. The lowest BCUT2D eigenvalue weighted by Gasteiger charge is -2.36. The maximum Gasteiger partial charge on any atom is 0.472 e. The van der Waals surface area contributed by atoms with Gasteiger partial charge in [0.25, 0.3) is 5.91 Å². The summed E-state index contributed by atoms with van der Waals surface area (Å²) in [5.74, 6) is -2.83. The molecule has 1 aromatic heterocycles. The number of rotatable bonds is 69. The molecule has 0 spiro atoms. The number of fused-ring (bicyclic) bond motifs is 1. The van der Waals surface area contributed by atoms with Gasteiger partial charge >= 0.3 is 25.7 Å². The molecule has 112 heavy (non-hydrogen) atoms. The number of benzene rings is 1. The molecule has 0 radical (unpaired) electrons. The normalized spacial score (nSPS) is 14.9. The summed E-state index contributed by atoms with van der Waals surface area (Å²) in [6, 6.07) is 7.54. The third-order valence-corrected chi connectivity index (χ3v) is 22.8. The van der Waals surface area contributed by atoms with Crippen molar-refractivity contribution in [2.75, 3.05) is 70.4 Å². The van der Waals surface area contributed by atoms with Gasteiger partial charge in [-0.25, -0.2) is 14.3 Å². The van der Waals surface area contributed by atoms with E-state index in [4.69, 9.17) is 33.0 Å². The molecule has 28 heteroatoms. The molecule has 0 saturated carbocycles. The Bertz CT molecular complexity index is 3190. The number of phosphoric ester groups is 1. The van der Waals surface area contributed by atoms with Crippen LogP contribution in [0.1, 0.15) is 314 Å². The maximum atomic E-state index is 13.5. The largest absolute Gasteiger partial charge is 0.494 e. The number of aryl methyl sites for hydroxylation is 4. The van der Waals surface area contributed by atoms with E-state index >= 15 is 0 Å². The van der Waals surface area contributed by atoms with Crippen molar-refractivity contribution < 1.29 is 85.4 Å². The number of pyridine rings is 1. The van der Waals surface area contributed by atoms with E-state index in [9.17, 15) is 57.4 Å². The van der Waals surface area contributed by atoms with Crippen LogP contribution in [0.5, 0.6) is 5.75 Å². The predicted octanol–water partition coefficient (Wildman–Crippen LogP) is 14.5. The van der Waals surface area contributed by atoms with E-state index in [0.717, 1.165) is 69.4 Å². The molecule has 5 atom stereocenters. The summed E-state index contributed by atoms with van der Waals surface area (Å²) in [5.41, 5.74) is 1.76. The van der Waals surface area contributed by atoms with Crippen LogP contribution in [0.4, 0.5) is 5.82 Å². The summed E-state index contributed by atoms with van der Waals surface area (Å²) >= 11 is 0. The number of carbonyl (C=O) groups is 7. The number of carbonyl (C=O) groups excluding carboxylic acids is 6. The molecule has 2 aliphatic rings. The van der Waals surface area contributed by atoms with Gasteiger partial charge in [0.15, 0.2) is 18.4 Å². The number of nitrogens with one attached hydrogen (secondary N) is 7. The molecule has 26 nitrogen and oxygen atoms in total. The molecule has 638 valence electrons. The Hall–Kier alpha value is -6.06. The molecular formula is C84H143N8O18PS. The van der Waals surface area contributed by atoms with Crippen molar-refractivity contribution in [1.82, 2.24) is 36.9 Å². The molecule has 2 heterocycles. The monoisotopic (exact) mass is 1610 g/mol.